The fourth-order valence-electron chi connectivity index (χ4n) is 9.40. The molecule has 67 heavy (non-hydrogen) atoms. The molecule has 0 aromatic heterocycles. The fraction of sp³-hybridized carbons (Fsp3) is 0.951. The molecule has 0 saturated heterocycles. The first kappa shape index (κ1) is 65.4. The molecule has 0 aliphatic carbocycles. The van der Waals surface area contributed by atoms with Crippen molar-refractivity contribution >= 4 is 17.9 Å². The Morgan fingerprint density at radius 2 is 0.493 bits per heavy atom. The normalized spacial score (nSPS) is 12.0. The van der Waals surface area contributed by atoms with Crippen LogP contribution in [0.3, 0.4) is 0 Å². The zero-order valence-electron chi connectivity index (χ0n) is 46.0. The SMILES string of the molecule is CCCCCCCCCCCCCCCC(=O)OC[C@@H](COC(=O)CCCCCCCCCCCCCCCCC(C)C)OC(=O)CCCCCCCCCCCCCCCCCCC(C)C. The van der Waals surface area contributed by atoms with E-state index in [2.05, 4.69) is 34.6 Å². The van der Waals surface area contributed by atoms with Crippen LogP contribution >= 0.6 is 0 Å². The van der Waals surface area contributed by atoms with Gasteiger partial charge < -0.3 is 14.2 Å². The lowest BCUT2D eigenvalue weighted by molar-refractivity contribution is -0.167. The van der Waals surface area contributed by atoms with Crippen molar-refractivity contribution in [2.45, 2.75) is 349 Å². The van der Waals surface area contributed by atoms with Gasteiger partial charge in [-0.3, -0.25) is 14.4 Å². The molecule has 0 rings (SSSR count). The highest BCUT2D eigenvalue weighted by Crippen LogP contribution is 2.18. The summed E-state index contributed by atoms with van der Waals surface area (Å²) in [6.07, 6.45) is 58.1. The van der Waals surface area contributed by atoms with Gasteiger partial charge in [-0.1, -0.05) is 304 Å². The van der Waals surface area contributed by atoms with Gasteiger partial charge in [0.1, 0.15) is 13.2 Å². The first-order chi connectivity index (χ1) is 32.7. The van der Waals surface area contributed by atoms with Crippen molar-refractivity contribution in [2.24, 2.45) is 11.8 Å². The van der Waals surface area contributed by atoms with E-state index in [1.165, 1.54) is 231 Å². The lowest BCUT2D eigenvalue weighted by Gasteiger charge is -2.18. The summed E-state index contributed by atoms with van der Waals surface area (Å²) in [5.74, 6) is 0.862. The number of hydrogen-bond donors (Lipinski definition) is 0. The van der Waals surface area contributed by atoms with Crippen molar-refractivity contribution in [1.82, 2.24) is 0 Å². The van der Waals surface area contributed by atoms with E-state index in [-0.39, 0.29) is 31.1 Å². The van der Waals surface area contributed by atoms with E-state index in [9.17, 15) is 14.4 Å². The van der Waals surface area contributed by atoms with E-state index in [1.54, 1.807) is 0 Å². The summed E-state index contributed by atoms with van der Waals surface area (Å²) in [4.78, 5) is 38.2. The number of carbonyl (C=O) groups is 3. The molecule has 398 valence electrons. The van der Waals surface area contributed by atoms with Crippen LogP contribution < -0.4 is 0 Å². The molecule has 0 aromatic rings. The summed E-state index contributed by atoms with van der Waals surface area (Å²) in [6, 6.07) is 0. The van der Waals surface area contributed by atoms with Gasteiger partial charge in [0.05, 0.1) is 0 Å². The van der Waals surface area contributed by atoms with Gasteiger partial charge in [-0.25, -0.2) is 0 Å². The molecule has 0 fully saturated rings. The van der Waals surface area contributed by atoms with Gasteiger partial charge in [-0.15, -0.1) is 0 Å². The fourth-order valence-corrected chi connectivity index (χ4v) is 9.40. The highest BCUT2D eigenvalue weighted by atomic mass is 16.6. The molecule has 6 nitrogen and oxygen atoms in total. The molecule has 0 radical (unpaired) electrons. The maximum Gasteiger partial charge on any atom is 0.306 e. The number of ether oxygens (including phenoxy) is 3. The van der Waals surface area contributed by atoms with Crippen LogP contribution in [0, 0.1) is 11.8 Å². The molecule has 0 heterocycles. The monoisotopic (exact) mass is 947 g/mol. The maximum atomic E-state index is 12.9. The Bertz CT molecular complexity index is 1020. The van der Waals surface area contributed by atoms with Crippen LogP contribution in [0.2, 0.25) is 0 Å². The molecule has 0 N–H and O–H groups in total. The highest BCUT2D eigenvalue weighted by molar-refractivity contribution is 5.71. The second-order valence-electron chi connectivity index (χ2n) is 21.9. The first-order valence-electron chi connectivity index (χ1n) is 30.2. The van der Waals surface area contributed by atoms with E-state index in [1.807, 2.05) is 0 Å². The van der Waals surface area contributed by atoms with Crippen LogP contribution in [0.15, 0.2) is 0 Å². The third-order valence-corrected chi connectivity index (χ3v) is 14.0. The Morgan fingerprint density at radius 3 is 0.731 bits per heavy atom. The third-order valence-electron chi connectivity index (χ3n) is 14.0. The molecule has 0 aliphatic rings. The Hall–Kier alpha value is -1.59. The largest absolute Gasteiger partial charge is 0.462 e. The van der Waals surface area contributed by atoms with Gasteiger partial charge in [0, 0.05) is 19.3 Å². The summed E-state index contributed by atoms with van der Waals surface area (Å²) in [7, 11) is 0. The number of carbonyl (C=O) groups excluding carboxylic acids is 3. The van der Waals surface area contributed by atoms with Gasteiger partial charge in [0.2, 0.25) is 0 Å². The van der Waals surface area contributed by atoms with E-state index >= 15 is 0 Å². The number of rotatable bonds is 55. The first-order valence-corrected chi connectivity index (χ1v) is 30.2. The molecule has 0 spiro atoms. The van der Waals surface area contributed by atoms with Crippen molar-refractivity contribution in [1.29, 1.82) is 0 Å². The molecular weight excluding hydrogens is 829 g/mol. The van der Waals surface area contributed by atoms with E-state index < -0.39 is 6.10 Å². The smallest absolute Gasteiger partial charge is 0.306 e. The molecule has 6 heteroatoms. The quantitative estimate of drug-likeness (QED) is 0.0343. The predicted molar refractivity (Wildman–Crippen MR) is 289 cm³/mol. The molecule has 0 bridgehead atoms. The number of esters is 3. The lowest BCUT2D eigenvalue weighted by Crippen LogP contribution is -2.30. The van der Waals surface area contributed by atoms with Gasteiger partial charge >= 0.3 is 17.9 Å². The van der Waals surface area contributed by atoms with E-state index in [0.29, 0.717) is 19.3 Å². The van der Waals surface area contributed by atoms with Crippen LogP contribution in [-0.2, 0) is 28.6 Å². The van der Waals surface area contributed by atoms with Crippen LogP contribution in [0.25, 0.3) is 0 Å². The Balaban J connectivity index is 4.28. The highest BCUT2D eigenvalue weighted by Gasteiger charge is 2.19. The van der Waals surface area contributed by atoms with Crippen LogP contribution in [0.4, 0.5) is 0 Å². The van der Waals surface area contributed by atoms with Crippen molar-refractivity contribution in [3.63, 3.8) is 0 Å². The summed E-state index contributed by atoms with van der Waals surface area (Å²) < 4.78 is 16.9. The second kappa shape index (κ2) is 53.8. The number of hydrogen-bond acceptors (Lipinski definition) is 6. The third kappa shape index (κ3) is 55.2. The Kier molecular flexibility index (Phi) is 52.5. The van der Waals surface area contributed by atoms with Crippen molar-refractivity contribution in [3.05, 3.63) is 0 Å². The van der Waals surface area contributed by atoms with Crippen LogP contribution in [0.5, 0.6) is 0 Å². The van der Waals surface area contributed by atoms with Gasteiger partial charge in [0.15, 0.2) is 6.10 Å². The summed E-state index contributed by atoms with van der Waals surface area (Å²) >= 11 is 0. The summed E-state index contributed by atoms with van der Waals surface area (Å²) in [5, 5.41) is 0. The van der Waals surface area contributed by atoms with Gasteiger partial charge in [0.25, 0.3) is 0 Å². The minimum Gasteiger partial charge on any atom is -0.462 e. The average Bonchev–Trinajstić information content (AvgIpc) is 3.30. The number of unbranched alkanes of at least 4 members (excludes halogenated alkanes) is 40. The average molecular weight is 948 g/mol. The minimum absolute atomic E-state index is 0.0622. The van der Waals surface area contributed by atoms with E-state index in [4.69, 9.17) is 14.2 Å². The molecule has 0 saturated carbocycles. The standard InChI is InChI=1S/C61H118O6/c1-6-7-8-9-10-11-12-19-26-31-36-41-46-51-59(62)65-54-58(55-66-60(63)52-47-42-37-32-27-22-18-17-21-25-30-35-40-45-50-57(4)5)67-61(64)53-48-43-38-33-28-23-16-14-13-15-20-24-29-34-39-44-49-56(2)3/h56-58H,6-55H2,1-5H3/t58-/m0/s1. The van der Waals surface area contributed by atoms with Gasteiger partial charge in [-0.05, 0) is 31.1 Å². The Morgan fingerprint density at radius 1 is 0.284 bits per heavy atom. The van der Waals surface area contributed by atoms with Gasteiger partial charge in [-0.2, -0.15) is 0 Å². The second-order valence-corrected chi connectivity index (χ2v) is 21.9. The topological polar surface area (TPSA) is 78.9 Å². The van der Waals surface area contributed by atoms with Crippen LogP contribution in [-0.4, -0.2) is 37.2 Å². The zero-order chi connectivity index (χ0) is 48.9. The molecule has 1 atom stereocenters. The molecule has 0 aliphatic heterocycles. The molecule has 0 aromatic carbocycles. The Labute approximate surface area is 418 Å². The molecular formula is C61H118O6. The van der Waals surface area contributed by atoms with E-state index in [0.717, 1.165) is 69.6 Å². The maximum absolute atomic E-state index is 12.9. The van der Waals surface area contributed by atoms with Crippen LogP contribution in [0.1, 0.15) is 343 Å². The predicted octanol–water partition coefficient (Wildman–Crippen LogP) is 20.0. The molecule has 0 unspecified atom stereocenters. The van der Waals surface area contributed by atoms with Crippen molar-refractivity contribution < 1.29 is 28.6 Å². The summed E-state index contributed by atoms with van der Waals surface area (Å²) in [5.41, 5.74) is 0. The van der Waals surface area contributed by atoms with Crippen molar-refractivity contribution in [3.8, 4) is 0 Å². The van der Waals surface area contributed by atoms with Crippen molar-refractivity contribution in [2.75, 3.05) is 13.2 Å². The minimum atomic E-state index is -0.763. The molecule has 0 amide bonds. The zero-order valence-corrected chi connectivity index (χ0v) is 46.0. The summed E-state index contributed by atoms with van der Waals surface area (Å²) in [6.45, 7) is 11.4. The lowest BCUT2D eigenvalue weighted by atomic mass is 10.0.